The summed E-state index contributed by atoms with van der Waals surface area (Å²) in [6.45, 7) is 2.17. The Bertz CT molecular complexity index is 707. The number of guanidine groups is 1. The van der Waals surface area contributed by atoms with Crippen LogP contribution in [0.25, 0.3) is 0 Å². The largest absolute Gasteiger partial charge is 0.497 e. The molecule has 29 heavy (non-hydrogen) atoms. The highest BCUT2D eigenvalue weighted by atomic mass is 127. The molecule has 1 amide bonds. The number of carbonyl (C=O) groups is 1. The number of nitrogens with zero attached hydrogens (tertiary/aromatic N) is 2. The summed E-state index contributed by atoms with van der Waals surface area (Å²) in [5, 5.41) is 6.79. The molecule has 1 unspecified atom stereocenters. The van der Waals surface area contributed by atoms with Gasteiger partial charge in [0, 0.05) is 50.3 Å². The van der Waals surface area contributed by atoms with Crippen LogP contribution in [-0.2, 0) is 11.3 Å². The third-order valence-corrected chi connectivity index (χ3v) is 5.71. The number of benzene rings is 1. The van der Waals surface area contributed by atoms with Crippen LogP contribution in [0.2, 0.25) is 0 Å². The number of amides is 1. The van der Waals surface area contributed by atoms with E-state index in [1.165, 1.54) is 12.8 Å². The summed E-state index contributed by atoms with van der Waals surface area (Å²) in [4.78, 5) is 19.0. The van der Waals surface area contributed by atoms with Crippen molar-refractivity contribution in [1.29, 1.82) is 0 Å². The average molecular weight is 516 g/mol. The van der Waals surface area contributed by atoms with Gasteiger partial charge in [-0.1, -0.05) is 12.8 Å². The second-order valence-corrected chi connectivity index (χ2v) is 7.50. The average Bonchev–Trinajstić information content (AvgIpc) is 3.42. The molecule has 1 heterocycles. The molecular weight excluding hydrogens is 483 g/mol. The molecule has 1 aromatic rings. The molecule has 1 aliphatic heterocycles. The number of likely N-dealkylation sites (tertiary alicyclic amines) is 1. The van der Waals surface area contributed by atoms with Gasteiger partial charge in [0.25, 0.3) is 0 Å². The molecule has 0 spiro atoms. The number of ether oxygens (including phenoxy) is 2. The maximum atomic E-state index is 12.6. The van der Waals surface area contributed by atoms with E-state index in [1.807, 2.05) is 23.1 Å². The third-order valence-electron chi connectivity index (χ3n) is 5.71. The summed E-state index contributed by atoms with van der Waals surface area (Å²) in [6, 6.07) is 6.00. The molecule has 162 valence electrons. The second-order valence-electron chi connectivity index (χ2n) is 7.50. The first-order valence-electron chi connectivity index (χ1n) is 10.1. The Morgan fingerprint density at radius 3 is 2.62 bits per heavy atom. The van der Waals surface area contributed by atoms with Crippen molar-refractivity contribution in [2.24, 2.45) is 10.9 Å². The smallest absolute Gasteiger partial charge is 0.225 e. The Labute approximate surface area is 190 Å². The monoisotopic (exact) mass is 516 g/mol. The molecule has 1 aromatic carbocycles. The molecule has 2 N–H and O–H groups in total. The molecule has 7 nitrogen and oxygen atoms in total. The summed E-state index contributed by atoms with van der Waals surface area (Å²) in [5.41, 5.74) is 1.02. The van der Waals surface area contributed by atoms with E-state index in [9.17, 15) is 4.79 Å². The highest BCUT2D eigenvalue weighted by Gasteiger charge is 2.32. The van der Waals surface area contributed by atoms with Crippen LogP contribution < -0.4 is 20.1 Å². The van der Waals surface area contributed by atoms with Crippen LogP contribution in [-0.4, -0.2) is 57.2 Å². The lowest BCUT2D eigenvalue weighted by Gasteiger charge is -2.21. The Hall–Kier alpha value is -1.71. The number of halogens is 1. The molecule has 0 bridgehead atoms. The van der Waals surface area contributed by atoms with Crippen molar-refractivity contribution in [2.75, 3.05) is 34.4 Å². The zero-order chi connectivity index (χ0) is 19.9. The Balaban J connectivity index is 0.00000300. The van der Waals surface area contributed by atoms with E-state index in [1.54, 1.807) is 21.3 Å². The first-order valence-corrected chi connectivity index (χ1v) is 10.1. The Morgan fingerprint density at radius 1 is 1.21 bits per heavy atom. The fraction of sp³-hybridized carbons (Fsp3) is 0.619. The number of aliphatic imine (C=N–C) groups is 1. The number of hydrogen-bond donors (Lipinski definition) is 2. The van der Waals surface area contributed by atoms with Gasteiger partial charge in [-0.05, 0) is 31.4 Å². The van der Waals surface area contributed by atoms with Gasteiger partial charge >= 0.3 is 0 Å². The Kier molecular flexibility index (Phi) is 9.32. The maximum absolute atomic E-state index is 12.6. The van der Waals surface area contributed by atoms with Crippen LogP contribution in [0.5, 0.6) is 11.5 Å². The normalized spacial score (nSPS) is 19.6. The van der Waals surface area contributed by atoms with E-state index >= 15 is 0 Å². The molecule has 1 saturated carbocycles. The van der Waals surface area contributed by atoms with Gasteiger partial charge in [-0.25, -0.2) is 0 Å². The molecule has 8 heteroatoms. The topological polar surface area (TPSA) is 75.2 Å². The maximum Gasteiger partial charge on any atom is 0.225 e. The molecule has 0 radical (unpaired) electrons. The van der Waals surface area contributed by atoms with Gasteiger partial charge in [-0.2, -0.15) is 0 Å². The fourth-order valence-corrected chi connectivity index (χ4v) is 4.07. The summed E-state index contributed by atoms with van der Waals surface area (Å²) in [6.07, 6.45) is 5.44. The lowest BCUT2D eigenvalue weighted by molar-refractivity contribution is -0.134. The van der Waals surface area contributed by atoms with Gasteiger partial charge < -0.3 is 25.0 Å². The van der Waals surface area contributed by atoms with Gasteiger partial charge in [0.15, 0.2) is 5.96 Å². The number of carbonyl (C=O) groups excluding carboxylic acids is 1. The van der Waals surface area contributed by atoms with E-state index < -0.39 is 0 Å². The lowest BCUT2D eigenvalue weighted by atomic mass is 10.1. The molecule has 1 aliphatic carbocycles. The molecule has 3 rings (SSSR count). The minimum atomic E-state index is 0. The van der Waals surface area contributed by atoms with Crippen molar-refractivity contribution < 1.29 is 14.3 Å². The van der Waals surface area contributed by atoms with Crippen LogP contribution in [0.4, 0.5) is 0 Å². The van der Waals surface area contributed by atoms with E-state index in [4.69, 9.17) is 9.47 Å². The van der Waals surface area contributed by atoms with Gasteiger partial charge in [-0.15, -0.1) is 24.0 Å². The standard InChI is InChI=1S/C21H32N4O3.HI/c1-22-21(23-13-16-8-9-18(27-2)12-19(16)28-3)24-17-10-11-25(14-17)20(26)15-6-4-5-7-15;/h8-9,12,15,17H,4-7,10-11,13-14H2,1-3H3,(H2,22,23,24);1H. The van der Waals surface area contributed by atoms with Crippen LogP contribution in [0.3, 0.4) is 0 Å². The van der Waals surface area contributed by atoms with Crippen LogP contribution >= 0.6 is 24.0 Å². The van der Waals surface area contributed by atoms with Crippen molar-refractivity contribution in [3.05, 3.63) is 23.8 Å². The van der Waals surface area contributed by atoms with E-state index in [0.29, 0.717) is 12.5 Å². The van der Waals surface area contributed by atoms with Crippen LogP contribution in [0.15, 0.2) is 23.2 Å². The van der Waals surface area contributed by atoms with E-state index in [0.717, 1.165) is 55.4 Å². The summed E-state index contributed by atoms with van der Waals surface area (Å²) < 4.78 is 10.7. The first kappa shape index (κ1) is 23.6. The Morgan fingerprint density at radius 2 is 1.97 bits per heavy atom. The van der Waals surface area contributed by atoms with Gasteiger partial charge in [-0.3, -0.25) is 9.79 Å². The number of methoxy groups -OCH3 is 2. The van der Waals surface area contributed by atoms with Crippen molar-refractivity contribution in [3.63, 3.8) is 0 Å². The molecule has 2 aliphatic rings. The minimum Gasteiger partial charge on any atom is -0.497 e. The molecule has 0 aromatic heterocycles. The third kappa shape index (κ3) is 6.13. The molecule has 2 fully saturated rings. The van der Waals surface area contributed by atoms with Crippen molar-refractivity contribution in [3.8, 4) is 11.5 Å². The molecular formula is C21H33IN4O3. The van der Waals surface area contributed by atoms with E-state index in [2.05, 4.69) is 15.6 Å². The van der Waals surface area contributed by atoms with E-state index in [-0.39, 0.29) is 35.9 Å². The summed E-state index contributed by atoms with van der Waals surface area (Å²) in [5.74, 6) is 2.86. The van der Waals surface area contributed by atoms with Crippen molar-refractivity contribution in [2.45, 2.75) is 44.7 Å². The van der Waals surface area contributed by atoms with Crippen LogP contribution in [0, 0.1) is 5.92 Å². The second kappa shape index (κ2) is 11.5. The predicted molar refractivity (Wildman–Crippen MR) is 125 cm³/mol. The SMILES string of the molecule is CN=C(NCc1ccc(OC)cc1OC)NC1CCN(C(=O)C2CCCC2)C1.I. The van der Waals surface area contributed by atoms with Gasteiger partial charge in [0.05, 0.1) is 14.2 Å². The molecule has 1 atom stereocenters. The zero-order valence-corrected chi connectivity index (χ0v) is 19.9. The number of hydrogen-bond acceptors (Lipinski definition) is 4. The highest BCUT2D eigenvalue weighted by Crippen LogP contribution is 2.28. The van der Waals surface area contributed by atoms with Gasteiger partial charge in [0.1, 0.15) is 11.5 Å². The van der Waals surface area contributed by atoms with Gasteiger partial charge in [0.2, 0.25) is 5.91 Å². The summed E-state index contributed by atoms with van der Waals surface area (Å²) >= 11 is 0. The quantitative estimate of drug-likeness (QED) is 0.346. The fourth-order valence-electron chi connectivity index (χ4n) is 4.07. The van der Waals surface area contributed by atoms with Crippen LogP contribution in [0.1, 0.15) is 37.7 Å². The summed E-state index contributed by atoms with van der Waals surface area (Å²) in [7, 11) is 5.05. The molecule has 1 saturated heterocycles. The number of nitrogens with one attached hydrogen (secondary N) is 2. The predicted octanol–water partition coefficient (Wildman–Crippen LogP) is 2.78. The minimum absolute atomic E-state index is 0. The number of rotatable bonds is 6. The zero-order valence-electron chi connectivity index (χ0n) is 17.6. The van der Waals surface area contributed by atoms with Crippen molar-refractivity contribution in [1.82, 2.24) is 15.5 Å². The lowest BCUT2D eigenvalue weighted by Crippen LogP contribution is -2.45. The first-order chi connectivity index (χ1) is 13.6. The van der Waals surface area contributed by atoms with Crippen molar-refractivity contribution >= 4 is 35.8 Å². The highest BCUT2D eigenvalue weighted by molar-refractivity contribution is 14.0.